The zero-order chi connectivity index (χ0) is 22.0. The van der Waals surface area contributed by atoms with Crippen molar-refractivity contribution in [3.63, 3.8) is 0 Å². The molecule has 0 atom stereocenters. The number of methoxy groups -OCH3 is 1. The monoisotopic (exact) mass is 411 g/mol. The summed E-state index contributed by atoms with van der Waals surface area (Å²) in [5, 5.41) is 14.5. The molecule has 4 rings (SSSR count). The molecule has 6 heteroatoms. The molecule has 0 fully saturated rings. The van der Waals surface area contributed by atoms with Crippen molar-refractivity contribution in [2.45, 2.75) is 6.92 Å². The number of rotatable bonds is 5. The fourth-order valence-electron chi connectivity index (χ4n) is 3.51. The predicted octanol–water partition coefficient (Wildman–Crippen LogP) is 3.83. The van der Waals surface area contributed by atoms with Crippen LogP contribution in [0, 0.1) is 6.92 Å². The van der Waals surface area contributed by atoms with E-state index in [1.165, 1.54) is 24.3 Å². The molecule has 0 saturated heterocycles. The summed E-state index contributed by atoms with van der Waals surface area (Å²) >= 11 is 0. The molecule has 0 bridgehead atoms. The van der Waals surface area contributed by atoms with E-state index in [-0.39, 0.29) is 11.5 Å². The summed E-state index contributed by atoms with van der Waals surface area (Å²) in [6.07, 6.45) is 0. The summed E-state index contributed by atoms with van der Waals surface area (Å²) in [6.45, 7) is 1.87. The van der Waals surface area contributed by atoms with Crippen LogP contribution in [0.25, 0.3) is 22.2 Å². The first-order valence-corrected chi connectivity index (χ1v) is 9.64. The van der Waals surface area contributed by atoms with Gasteiger partial charge in [-0.1, -0.05) is 30.3 Å². The minimum Gasteiger partial charge on any atom is -0.545 e. The van der Waals surface area contributed by atoms with Crippen molar-refractivity contribution in [3.05, 3.63) is 89.5 Å². The minimum atomic E-state index is -1.27. The highest BCUT2D eigenvalue weighted by Crippen LogP contribution is 2.31. The van der Waals surface area contributed by atoms with Crippen molar-refractivity contribution in [1.82, 2.24) is 4.98 Å². The maximum absolute atomic E-state index is 13.3. The van der Waals surface area contributed by atoms with E-state index in [4.69, 9.17) is 9.72 Å². The van der Waals surface area contributed by atoms with Crippen molar-refractivity contribution in [2.24, 2.45) is 0 Å². The van der Waals surface area contributed by atoms with Gasteiger partial charge in [0, 0.05) is 16.6 Å². The number of nitrogens with one attached hydrogen (secondary N) is 1. The number of pyridine rings is 1. The van der Waals surface area contributed by atoms with E-state index >= 15 is 0 Å². The molecule has 0 saturated carbocycles. The Hall–Kier alpha value is -4.19. The van der Waals surface area contributed by atoms with Crippen LogP contribution < -0.4 is 15.2 Å². The van der Waals surface area contributed by atoms with Crippen LogP contribution >= 0.6 is 0 Å². The fourth-order valence-corrected chi connectivity index (χ4v) is 3.51. The third kappa shape index (κ3) is 3.96. The Bertz CT molecular complexity index is 1280. The minimum absolute atomic E-state index is 0.0466. The molecule has 0 radical (unpaired) electrons. The zero-order valence-corrected chi connectivity index (χ0v) is 17.0. The number of ether oxygens (including phenoxy) is 1. The number of aromatic carboxylic acids is 1. The quantitative estimate of drug-likeness (QED) is 0.539. The second-order valence-electron chi connectivity index (χ2n) is 7.02. The Morgan fingerprint density at radius 3 is 2.26 bits per heavy atom. The van der Waals surface area contributed by atoms with Crippen LogP contribution in [0.4, 0.5) is 5.69 Å². The number of para-hydroxylation sites is 1. The van der Waals surface area contributed by atoms with Crippen molar-refractivity contribution in [1.29, 1.82) is 0 Å². The molecule has 4 aromatic rings. The van der Waals surface area contributed by atoms with Crippen molar-refractivity contribution in [2.75, 3.05) is 12.4 Å². The predicted molar refractivity (Wildman–Crippen MR) is 117 cm³/mol. The van der Waals surface area contributed by atoms with Crippen LogP contribution in [0.1, 0.15) is 26.3 Å². The number of aromatic nitrogens is 1. The molecule has 1 heterocycles. The molecule has 0 aliphatic heterocycles. The SMILES string of the molecule is COc1ccc(-c2nc3ccccc3c(C(=O)Nc3ccc(C(=O)[O-])cc3)c2C)cc1. The number of amides is 1. The second-order valence-corrected chi connectivity index (χ2v) is 7.02. The van der Waals surface area contributed by atoms with E-state index in [0.717, 1.165) is 22.3 Å². The lowest BCUT2D eigenvalue weighted by Gasteiger charge is -2.15. The average molecular weight is 411 g/mol. The highest BCUT2D eigenvalue weighted by atomic mass is 16.5. The number of carbonyl (C=O) groups excluding carboxylic acids is 2. The first-order chi connectivity index (χ1) is 15.0. The lowest BCUT2D eigenvalue weighted by molar-refractivity contribution is -0.255. The van der Waals surface area contributed by atoms with Gasteiger partial charge in [-0.15, -0.1) is 0 Å². The fraction of sp³-hybridized carbons (Fsp3) is 0.0800. The molecule has 0 aliphatic rings. The van der Waals surface area contributed by atoms with Gasteiger partial charge in [-0.25, -0.2) is 4.98 Å². The number of hydrogen-bond donors (Lipinski definition) is 1. The lowest BCUT2D eigenvalue weighted by atomic mass is 9.97. The first-order valence-electron chi connectivity index (χ1n) is 9.64. The van der Waals surface area contributed by atoms with Gasteiger partial charge in [0.25, 0.3) is 5.91 Å². The standard InChI is InChI=1S/C25H20N2O4/c1-15-22(24(28)26-18-11-7-17(8-12-18)25(29)30)20-5-3-4-6-21(20)27-23(15)16-9-13-19(31-2)14-10-16/h3-14H,1-2H3,(H,26,28)(H,29,30)/p-1. The van der Waals surface area contributed by atoms with Crippen LogP contribution in [0.2, 0.25) is 0 Å². The summed E-state index contributed by atoms with van der Waals surface area (Å²) in [7, 11) is 1.61. The van der Waals surface area contributed by atoms with Gasteiger partial charge in [-0.2, -0.15) is 0 Å². The normalized spacial score (nSPS) is 10.6. The number of nitrogens with zero attached hydrogens (tertiary/aromatic N) is 1. The molecule has 1 N–H and O–H groups in total. The Morgan fingerprint density at radius 1 is 0.935 bits per heavy atom. The number of carboxylic acid groups (broad SMARTS) is 1. The zero-order valence-electron chi connectivity index (χ0n) is 17.0. The summed E-state index contributed by atoms with van der Waals surface area (Å²) in [5.41, 5.74) is 4.08. The molecule has 154 valence electrons. The molecule has 0 spiro atoms. The maximum atomic E-state index is 13.3. The van der Waals surface area contributed by atoms with Gasteiger partial charge in [0.05, 0.1) is 29.9 Å². The Labute approximate surface area is 179 Å². The second kappa shape index (κ2) is 8.28. The molecule has 6 nitrogen and oxygen atoms in total. The Kier molecular flexibility index (Phi) is 5.37. The Morgan fingerprint density at radius 2 is 1.61 bits per heavy atom. The number of hydrogen-bond acceptors (Lipinski definition) is 5. The van der Waals surface area contributed by atoms with E-state index < -0.39 is 5.97 Å². The van der Waals surface area contributed by atoms with Crippen molar-refractivity contribution < 1.29 is 19.4 Å². The van der Waals surface area contributed by atoms with Crippen LogP contribution in [0.3, 0.4) is 0 Å². The Balaban J connectivity index is 1.79. The number of fused-ring (bicyclic) bond motifs is 1. The first kappa shape index (κ1) is 20.1. The molecular formula is C25H19N2O4-. The lowest BCUT2D eigenvalue weighted by Crippen LogP contribution is -2.22. The molecule has 31 heavy (non-hydrogen) atoms. The molecule has 1 amide bonds. The van der Waals surface area contributed by atoms with Crippen molar-refractivity contribution >= 4 is 28.5 Å². The van der Waals surface area contributed by atoms with E-state index in [0.29, 0.717) is 22.5 Å². The summed E-state index contributed by atoms with van der Waals surface area (Å²) in [6, 6.07) is 20.8. The highest BCUT2D eigenvalue weighted by molar-refractivity contribution is 6.14. The third-order valence-electron chi connectivity index (χ3n) is 5.10. The topological polar surface area (TPSA) is 91.3 Å². The van der Waals surface area contributed by atoms with Gasteiger partial charge < -0.3 is 20.0 Å². The van der Waals surface area contributed by atoms with E-state index in [2.05, 4.69) is 5.32 Å². The van der Waals surface area contributed by atoms with Gasteiger partial charge in [-0.05, 0) is 60.5 Å². The number of benzene rings is 3. The average Bonchev–Trinajstić information content (AvgIpc) is 2.79. The molecule has 3 aromatic carbocycles. The largest absolute Gasteiger partial charge is 0.545 e. The van der Waals surface area contributed by atoms with Crippen molar-refractivity contribution in [3.8, 4) is 17.0 Å². The summed E-state index contributed by atoms with van der Waals surface area (Å²) in [5.74, 6) is -0.829. The van der Waals surface area contributed by atoms with Crippen LogP contribution in [-0.4, -0.2) is 24.0 Å². The van der Waals surface area contributed by atoms with Crippen LogP contribution in [0.15, 0.2) is 72.8 Å². The van der Waals surface area contributed by atoms with Gasteiger partial charge in [-0.3, -0.25) is 4.79 Å². The highest BCUT2D eigenvalue weighted by Gasteiger charge is 2.19. The summed E-state index contributed by atoms with van der Waals surface area (Å²) < 4.78 is 5.23. The number of carbonyl (C=O) groups is 2. The summed E-state index contributed by atoms with van der Waals surface area (Å²) in [4.78, 5) is 29.0. The third-order valence-corrected chi connectivity index (χ3v) is 5.10. The maximum Gasteiger partial charge on any atom is 0.256 e. The molecule has 1 aromatic heterocycles. The number of anilines is 1. The smallest absolute Gasteiger partial charge is 0.256 e. The van der Waals surface area contributed by atoms with E-state index in [9.17, 15) is 14.7 Å². The van der Waals surface area contributed by atoms with Crippen LogP contribution in [-0.2, 0) is 0 Å². The number of carboxylic acids is 1. The molecular weight excluding hydrogens is 392 g/mol. The van der Waals surface area contributed by atoms with Crippen LogP contribution in [0.5, 0.6) is 5.75 Å². The van der Waals surface area contributed by atoms with Gasteiger partial charge in [0.15, 0.2) is 0 Å². The van der Waals surface area contributed by atoms with Gasteiger partial charge in [0.2, 0.25) is 0 Å². The molecule has 0 aliphatic carbocycles. The van der Waals surface area contributed by atoms with E-state index in [1.807, 2.05) is 55.5 Å². The molecule has 0 unspecified atom stereocenters. The van der Waals surface area contributed by atoms with Gasteiger partial charge in [0.1, 0.15) is 5.75 Å². The van der Waals surface area contributed by atoms with E-state index in [1.54, 1.807) is 7.11 Å². The van der Waals surface area contributed by atoms with Gasteiger partial charge >= 0.3 is 0 Å².